The monoisotopic (exact) mass is 516 g/mol. The summed E-state index contributed by atoms with van der Waals surface area (Å²) < 4.78 is 70.5. The summed E-state index contributed by atoms with van der Waals surface area (Å²) in [7, 11) is -4.73. The number of benzene rings is 1. The molecule has 0 unspecified atom stereocenters. The van der Waals surface area contributed by atoms with Crippen molar-refractivity contribution in [1.82, 2.24) is 9.88 Å². The Morgan fingerprint density at radius 3 is 2.41 bits per heavy atom. The molecule has 0 spiro atoms. The molecule has 11 heteroatoms. The van der Waals surface area contributed by atoms with Crippen molar-refractivity contribution < 1.29 is 21.6 Å². The highest BCUT2D eigenvalue weighted by molar-refractivity contribution is 7.92. The van der Waals surface area contributed by atoms with Crippen LogP contribution in [0.4, 0.5) is 24.7 Å². The second-order valence-electron chi connectivity index (χ2n) is 9.25. The van der Waals surface area contributed by atoms with E-state index in [1.54, 1.807) is 0 Å². The highest BCUT2D eigenvalue weighted by Gasteiger charge is 2.35. The molecule has 1 N–H and O–H groups in total. The van der Waals surface area contributed by atoms with Gasteiger partial charge >= 0.3 is 0 Å². The lowest BCUT2D eigenvalue weighted by atomic mass is 9.83. The lowest BCUT2D eigenvalue weighted by molar-refractivity contribution is 0.125. The molecule has 0 saturated carbocycles. The van der Waals surface area contributed by atoms with E-state index in [-0.39, 0.29) is 5.69 Å². The van der Waals surface area contributed by atoms with Crippen LogP contribution in [-0.4, -0.2) is 50.5 Å². The molecule has 2 aliphatic rings. The van der Waals surface area contributed by atoms with Gasteiger partial charge in [-0.25, -0.2) is 22.2 Å². The minimum atomic E-state index is -4.73. The maximum atomic E-state index is 15.1. The summed E-state index contributed by atoms with van der Waals surface area (Å²) in [5, 5.41) is -0.454. The molecule has 1 aromatic heterocycles. The van der Waals surface area contributed by atoms with Gasteiger partial charge in [0.25, 0.3) is 10.0 Å². The molecule has 0 bridgehead atoms. The second kappa shape index (κ2) is 9.91. The van der Waals surface area contributed by atoms with Gasteiger partial charge in [-0.1, -0.05) is 17.7 Å². The first kappa shape index (κ1) is 25.1. The van der Waals surface area contributed by atoms with Crippen molar-refractivity contribution in [2.75, 3.05) is 35.8 Å². The summed E-state index contributed by atoms with van der Waals surface area (Å²) in [5.74, 6) is -3.06. The van der Waals surface area contributed by atoms with Gasteiger partial charge in [-0.15, -0.1) is 0 Å². The number of rotatable bonds is 6. The van der Waals surface area contributed by atoms with Crippen LogP contribution in [0, 0.1) is 29.4 Å². The Labute approximate surface area is 203 Å². The maximum absolute atomic E-state index is 15.1. The third-order valence-corrected chi connectivity index (χ3v) is 8.61. The zero-order valence-corrected chi connectivity index (χ0v) is 20.6. The number of hydrogen-bond acceptors (Lipinski definition) is 5. The molecular formula is C23H28ClF3N4O2S. The Morgan fingerprint density at radius 2 is 1.76 bits per heavy atom. The van der Waals surface area contributed by atoms with Crippen LogP contribution >= 0.6 is 11.6 Å². The molecule has 0 amide bonds. The van der Waals surface area contributed by atoms with Gasteiger partial charge in [0.05, 0.1) is 5.69 Å². The number of nitrogens with zero attached hydrogens (tertiary/aromatic N) is 3. The fourth-order valence-corrected chi connectivity index (χ4v) is 6.46. The van der Waals surface area contributed by atoms with E-state index in [0.29, 0.717) is 31.0 Å². The van der Waals surface area contributed by atoms with E-state index in [2.05, 4.69) is 23.7 Å². The highest BCUT2D eigenvalue weighted by Crippen LogP contribution is 2.40. The summed E-state index contributed by atoms with van der Waals surface area (Å²) in [6.07, 6.45) is 3.06. The fourth-order valence-electron chi connectivity index (χ4n) is 4.99. The Bertz CT molecular complexity index is 1160. The molecule has 34 heavy (non-hydrogen) atoms. The van der Waals surface area contributed by atoms with Crippen molar-refractivity contribution in [3.05, 3.63) is 46.9 Å². The number of pyridine rings is 1. The van der Waals surface area contributed by atoms with E-state index in [1.165, 1.54) is 12.1 Å². The van der Waals surface area contributed by atoms with E-state index in [4.69, 9.17) is 11.6 Å². The number of aromatic nitrogens is 1. The minimum absolute atomic E-state index is 0.140. The van der Waals surface area contributed by atoms with Gasteiger partial charge in [-0.2, -0.15) is 4.39 Å². The quantitative estimate of drug-likeness (QED) is 0.437. The molecule has 1 aromatic carbocycles. The summed E-state index contributed by atoms with van der Waals surface area (Å²) in [6.45, 7) is 7.67. The number of piperidine rings is 1. The second-order valence-corrected chi connectivity index (χ2v) is 11.2. The third kappa shape index (κ3) is 5.13. The van der Waals surface area contributed by atoms with Crippen LogP contribution in [-0.2, 0) is 10.0 Å². The molecule has 3 heterocycles. The SMILES string of the molecule is CC(C)N1CCC([C@H]2CCN(c3cc(F)c(S(=O)(=O)Nc4cccc(F)n4)c(F)c3Cl)C2)CC1. The predicted octanol–water partition coefficient (Wildman–Crippen LogP) is 4.90. The minimum Gasteiger partial charge on any atom is -0.370 e. The van der Waals surface area contributed by atoms with Crippen molar-refractivity contribution in [2.24, 2.45) is 11.8 Å². The van der Waals surface area contributed by atoms with Gasteiger partial charge in [-0.05, 0) is 70.2 Å². The smallest absolute Gasteiger partial charge is 0.268 e. The van der Waals surface area contributed by atoms with E-state index in [0.717, 1.165) is 44.5 Å². The zero-order chi connectivity index (χ0) is 24.6. The number of likely N-dealkylation sites (tertiary alicyclic amines) is 1. The first-order chi connectivity index (χ1) is 16.1. The summed E-state index contributed by atoms with van der Waals surface area (Å²) in [5.41, 5.74) is 0.140. The summed E-state index contributed by atoms with van der Waals surface area (Å²) >= 11 is 6.21. The number of nitrogens with one attached hydrogen (secondary N) is 1. The molecule has 2 saturated heterocycles. The standard InChI is InChI=1S/C23H28ClF3N4O2S/c1-14(2)30-9-6-15(7-10-30)16-8-11-31(13-16)18-12-17(25)23(22(27)21(18)24)34(32,33)29-20-5-3-4-19(26)28-20/h3-5,12,14-16H,6-11,13H2,1-2H3,(H,28,29)/t16-/m0/s1. The first-order valence-electron chi connectivity index (χ1n) is 11.4. The molecular weight excluding hydrogens is 489 g/mol. The third-order valence-electron chi connectivity index (χ3n) is 6.86. The number of hydrogen-bond donors (Lipinski definition) is 1. The van der Waals surface area contributed by atoms with E-state index < -0.39 is 43.3 Å². The van der Waals surface area contributed by atoms with Crippen LogP contribution in [0.1, 0.15) is 33.1 Å². The zero-order valence-electron chi connectivity index (χ0n) is 19.1. The van der Waals surface area contributed by atoms with Crippen LogP contribution in [0.25, 0.3) is 0 Å². The number of anilines is 2. The van der Waals surface area contributed by atoms with Crippen molar-refractivity contribution in [1.29, 1.82) is 0 Å². The Hall–Kier alpha value is -2.04. The average molecular weight is 517 g/mol. The fraction of sp³-hybridized carbons (Fsp3) is 0.522. The van der Waals surface area contributed by atoms with Gasteiger partial charge in [0, 0.05) is 25.2 Å². The molecule has 6 nitrogen and oxygen atoms in total. The molecule has 1 atom stereocenters. The van der Waals surface area contributed by atoms with Gasteiger partial charge < -0.3 is 9.80 Å². The average Bonchev–Trinajstić information content (AvgIpc) is 3.26. The Morgan fingerprint density at radius 1 is 1.09 bits per heavy atom. The number of halogens is 4. The van der Waals surface area contributed by atoms with E-state index in [1.807, 2.05) is 9.62 Å². The van der Waals surface area contributed by atoms with Crippen molar-refractivity contribution in [2.45, 2.75) is 44.0 Å². The van der Waals surface area contributed by atoms with Crippen LogP contribution in [0.2, 0.25) is 5.02 Å². The normalized spacial score (nSPS) is 20.3. The van der Waals surface area contributed by atoms with Crippen LogP contribution < -0.4 is 9.62 Å². The molecule has 2 aliphatic heterocycles. The summed E-state index contributed by atoms with van der Waals surface area (Å²) in [6, 6.07) is 4.89. The predicted molar refractivity (Wildman–Crippen MR) is 126 cm³/mol. The van der Waals surface area contributed by atoms with Crippen molar-refractivity contribution in [3.63, 3.8) is 0 Å². The molecule has 2 fully saturated rings. The van der Waals surface area contributed by atoms with Gasteiger partial charge in [0.15, 0.2) is 10.7 Å². The molecule has 4 rings (SSSR count). The van der Waals surface area contributed by atoms with Crippen molar-refractivity contribution in [3.8, 4) is 0 Å². The van der Waals surface area contributed by atoms with Gasteiger partial charge in [0.1, 0.15) is 16.7 Å². The van der Waals surface area contributed by atoms with E-state index in [9.17, 15) is 17.2 Å². The van der Waals surface area contributed by atoms with Crippen LogP contribution in [0.15, 0.2) is 29.2 Å². The molecule has 186 valence electrons. The largest absolute Gasteiger partial charge is 0.370 e. The Balaban J connectivity index is 1.52. The molecule has 0 aliphatic carbocycles. The summed E-state index contributed by atoms with van der Waals surface area (Å²) in [4.78, 5) is 6.43. The van der Waals surface area contributed by atoms with Crippen molar-refractivity contribution >= 4 is 33.1 Å². The molecule has 2 aromatic rings. The van der Waals surface area contributed by atoms with E-state index >= 15 is 4.39 Å². The maximum Gasteiger partial charge on any atom is 0.268 e. The topological polar surface area (TPSA) is 65.5 Å². The highest BCUT2D eigenvalue weighted by atomic mass is 35.5. The first-order valence-corrected chi connectivity index (χ1v) is 13.2. The molecule has 0 radical (unpaired) electrons. The van der Waals surface area contributed by atoms with Crippen LogP contribution in [0.5, 0.6) is 0 Å². The van der Waals surface area contributed by atoms with Gasteiger partial charge in [-0.3, -0.25) is 4.72 Å². The van der Waals surface area contributed by atoms with Gasteiger partial charge in [0.2, 0.25) is 5.95 Å². The lowest BCUT2D eigenvalue weighted by Gasteiger charge is -2.37. The number of sulfonamides is 1. The van der Waals surface area contributed by atoms with Crippen LogP contribution in [0.3, 0.4) is 0 Å². The lowest BCUT2D eigenvalue weighted by Crippen LogP contribution is -2.40. The Kier molecular flexibility index (Phi) is 7.30.